The predicted molar refractivity (Wildman–Crippen MR) is 57.5 cm³/mol. The lowest BCUT2D eigenvalue weighted by atomic mass is 10.2. The molecule has 0 radical (unpaired) electrons. The molecule has 92 valence electrons. The Balaban J connectivity index is -0.000000181. The standard InChI is InChI=1S/C5H9NO2.C4H5N.CH4O2/c1-5(2-6)3-8-4-7;1-2-3-4-5;2-1-3/h5,7H,3-4H2,1H3;2H,1,3H2;2-3H,1H2. The molecule has 1 atom stereocenters. The molecule has 0 bridgehead atoms. The molecule has 1 unspecified atom stereocenters. The second-order valence-electron chi connectivity index (χ2n) is 2.32. The Morgan fingerprint density at radius 1 is 1.38 bits per heavy atom. The van der Waals surface area contributed by atoms with E-state index in [1.165, 1.54) is 0 Å². The van der Waals surface area contributed by atoms with Crippen LogP contribution in [0, 0.1) is 28.6 Å². The third-order valence-electron chi connectivity index (χ3n) is 0.915. The largest absolute Gasteiger partial charge is 0.371 e. The minimum absolute atomic E-state index is 0.123. The first-order valence-corrected chi connectivity index (χ1v) is 4.42. The van der Waals surface area contributed by atoms with Crippen molar-refractivity contribution < 1.29 is 20.1 Å². The van der Waals surface area contributed by atoms with Gasteiger partial charge in [-0.3, -0.25) is 0 Å². The molecule has 16 heavy (non-hydrogen) atoms. The molecule has 6 heteroatoms. The van der Waals surface area contributed by atoms with Crippen LogP contribution in [0.2, 0.25) is 0 Å². The van der Waals surface area contributed by atoms with Crippen molar-refractivity contribution in [1.82, 2.24) is 0 Å². The number of aliphatic hydroxyl groups is 3. The first-order valence-electron chi connectivity index (χ1n) is 4.42. The van der Waals surface area contributed by atoms with Gasteiger partial charge in [-0.2, -0.15) is 10.5 Å². The molecular weight excluding hydrogens is 212 g/mol. The maximum atomic E-state index is 8.15. The molecule has 0 heterocycles. The highest BCUT2D eigenvalue weighted by Crippen LogP contribution is 1.90. The van der Waals surface area contributed by atoms with Gasteiger partial charge in [0.05, 0.1) is 31.1 Å². The molecule has 0 amide bonds. The van der Waals surface area contributed by atoms with Crippen LogP contribution in [0.3, 0.4) is 0 Å². The normalized spacial score (nSPS) is 9.12. The highest BCUT2D eigenvalue weighted by Gasteiger charge is 1.95. The van der Waals surface area contributed by atoms with Crippen LogP contribution in [-0.4, -0.2) is 35.5 Å². The summed E-state index contributed by atoms with van der Waals surface area (Å²) in [5.41, 5.74) is 0. The molecule has 3 N–H and O–H groups in total. The van der Waals surface area contributed by atoms with E-state index in [1.807, 2.05) is 12.1 Å². The van der Waals surface area contributed by atoms with Gasteiger partial charge in [0, 0.05) is 0 Å². The van der Waals surface area contributed by atoms with E-state index in [0.717, 1.165) is 0 Å². The van der Waals surface area contributed by atoms with Crippen molar-refractivity contribution in [2.24, 2.45) is 5.92 Å². The van der Waals surface area contributed by atoms with E-state index < -0.39 is 6.79 Å². The minimum atomic E-state index is -0.750. The van der Waals surface area contributed by atoms with Crippen molar-refractivity contribution in [3.63, 3.8) is 0 Å². The Kier molecular flexibility index (Phi) is 29.3. The Hall–Kier alpha value is -1.44. The summed E-state index contributed by atoms with van der Waals surface area (Å²) in [6.45, 7) is 4.32. The zero-order valence-corrected chi connectivity index (χ0v) is 9.33. The highest BCUT2D eigenvalue weighted by molar-refractivity contribution is 4.82. The van der Waals surface area contributed by atoms with Crippen molar-refractivity contribution in [3.05, 3.63) is 12.7 Å². The highest BCUT2D eigenvalue weighted by atomic mass is 16.6. The number of aliphatic hydroxyl groups excluding tert-OH is 2. The van der Waals surface area contributed by atoms with Gasteiger partial charge in [-0.15, -0.1) is 6.58 Å². The van der Waals surface area contributed by atoms with Crippen molar-refractivity contribution in [2.45, 2.75) is 13.3 Å². The number of allylic oxidation sites excluding steroid dienone is 1. The van der Waals surface area contributed by atoms with Gasteiger partial charge in [0.25, 0.3) is 0 Å². The van der Waals surface area contributed by atoms with E-state index in [2.05, 4.69) is 11.3 Å². The minimum Gasteiger partial charge on any atom is -0.371 e. The summed E-state index contributed by atoms with van der Waals surface area (Å²) in [7, 11) is 0. The maximum absolute atomic E-state index is 8.15. The number of hydrogen-bond donors (Lipinski definition) is 3. The zero-order chi connectivity index (χ0) is 13.2. The van der Waals surface area contributed by atoms with Gasteiger partial charge in [-0.05, 0) is 6.92 Å². The Morgan fingerprint density at radius 2 is 1.88 bits per heavy atom. The number of nitrogens with zero attached hydrogens (tertiary/aromatic N) is 2. The van der Waals surface area contributed by atoms with E-state index in [-0.39, 0.29) is 12.7 Å². The summed E-state index contributed by atoms with van der Waals surface area (Å²) in [5.74, 6) is -0.123. The molecule has 0 aromatic heterocycles. The molecule has 0 fully saturated rings. The van der Waals surface area contributed by atoms with Gasteiger partial charge in [-0.25, -0.2) is 0 Å². The molecule has 0 aromatic carbocycles. The summed E-state index contributed by atoms with van der Waals surface area (Å²) in [5, 5.41) is 38.2. The lowest BCUT2D eigenvalue weighted by Crippen LogP contribution is -2.03. The molecule has 6 nitrogen and oxygen atoms in total. The molecule has 0 saturated heterocycles. The van der Waals surface area contributed by atoms with Gasteiger partial charge in [0.15, 0.2) is 0 Å². The Morgan fingerprint density at radius 3 is 2.06 bits per heavy atom. The number of hydrogen-bond acceptors (Lipinski definition) is 6. The second kappa shape index (κ2) is 23.4. The summed E-state index contributed by atoms with van der Waals surface area (Å²) in [6, 6.07) is 3.86. The molecule has 0 saturated carbocycles. The predicted octanol–water partition coefficient (Wildman–Crippen LogP) is 0.127. The zero-order valence-electron chi connectivity index (χ0n) is 9.33. The summed E-state index contributed by atoms with van der Waals surface area (Å²) in [4.78, 5) is 0. The van der Waals surface area contributed by atoms with E-state index in [0.29, 0.717) is 13.0 Å². The van der Waals surface area contributed by atoms with E-state index in [4.69, 9.17) is 25.8 Å². The maximum Gasteiger partial charge on any atom is 0.143 e. The van der Waals surface area contributed by atoms with Gasteiger partial charge in [0.1, 0.15) is 13.6 Å². The number of ether oxygens (including phenoxy) is 1. The number of nitriles is 2. The van der Waals surface area contributed by atoms with Crippen LogP contribution in [0.4, 0.5) is 0 Å². The average Bonchev–Trinajstić information content (AvgIpc) is 2.29. The fraction of sp³-hybridized carbons (Fsp3) is 0.600. The van der Waals surface area contributed by atoms with Crippen LogP contribution in [0.1, 0.15) is 13.3 Å². The van der Waals surface area contributed by atoms with Crippen molar-refractivity contribution in [2.75, 3.05) is 20.2 Å². The molecule has 0 aliphatic heterocycles. The van der Waals surface area contributed by atoms with Crippen LogP contribution < -0.4 is 0 Å². The smallest absolute Gasteiger partial charge is 0.143 e. The molecule has 0 spiro atoms. The van der Waals surface area contributed by atoms with E-state index >= 15 is 0 Å². The van der Waals surface area contributed by atoms with Gasteiger partial charge >= 0.3 is 0 Å². The van der Waals surface area contributed by atoms with E-state index in [9.17, 15) is 0 Å². The third-order valence-corrected chi connectivity index (χ3v) is 0.915. The molecular formula is C10H18N2O4. The molecule has 0 aliphatic rings. The first kappa shape index (κ1) is 20.0. The molecule has 0 aliphatic carbocycles. The first-order chi connectivity index (χ1) is 7.64. The topological polar surface area (TPSA) is 118 Å². The Labute approximate surface area is 95.6 Å². The Bertz CT molecular complexity index is 208. The molecule has 0 rings (SSSR count). The third kappa shape index (κ3) is 39.0. The monoisotopic (exact) mass is 230 g/mol. The van der Waals surface area contributed by atoms with Crippen LogP contribution in [-0.2, 0) is 4.74 Å². The number of rotatable bonds is 4. The SMILES string of the molecule is C=CCC#N.CC(C#N)COCO.OCO. The van der Waals surface area contributed by atoms with E-state index in [1.54, 1.807) is 13.0 Å². The lowest BCUT2D eigenvalue weighted by molar-refractivity contribution is -0.00883. The average molecular weight is 230 g/mol. The van der Waals surface area contributed by atoms with Crippen molar-refractivity contribution in [3.8, 4) is 12.1 Å². The van der Waals surface area contributed by atoms with Crippen LogP contribution in [0.5, 0.6) is 0 Å². The van der Waals surface area contributed by atoms with Crippen molar-refractivity contribution in [1.29, 1.82) is 10.5 Å². The lowest BCUT2D eigenvalue weighted by Gasteiger charge is -1.98. The van der Waals surface area contributed by atoms with Gasteiger partial charge < -0.3 is 20.1 Å². The molecule has 0 aromatic rings. The van der Waals surface area contributed by atoms with Gasteiger partial charge in [-0.1, -0.05) is 6.08 Å². The van der Waals surface area contributed by atoms with Crippen LogP contribution >= 0.6 is 0 Å². The summed E-state index contributed by atoms with van der Waals surface area (Å²) >= 11 is 0. The quantitative estimate of drug-likeness (QED) is 0.466. The second-order valence-corrected chi connectivity index (χ2v) is 2.32. The van der Waals surface area contributed by atoms with Crippen LogP contribution in [0.25, 0.3) is 0 Å². The van der Waals surface area contributed by atoms with Crippen molar-refractivity contribution >= 4 is 0 Å². The van der Waals surface area contributed by atoms with Crippen LogP contribution in [0.15, 0.2) is 12.7 Å². The summed E-state index contributed by atoms with van der Waals surface area (Å²) in [6.07, 6.45) is 2.03. The summed E-state index contributed by atoms with van der Waals surface area (Å²) < 4.78 is 4.52. The fourth-order valence-corrected chi connectivity index (χ4v) is 0.331. The van der Waals surface area contributed by atoms with Gasteiger partial charge in [0.2, 0.25) is 0 Å². The fourth-order valence-electron chi connectivity index (χ4n) is 0.331.